The predicted octanol–water partition coefficient (Wildman–Crippen LogP) is 4.91. The van der Waals surface area contributed by atoms with Gasteiger partial charge in [-0.2, -0.15) is 5.10 Å². The minimum absolute atomic E-state index is 0.00381. The number of alkyl halides is 1. The van der Waals surface area contributed by atoms with Gasteiger partial charge in [0.15, 0.2) is 12.3 Å². The van der Waals surface area contributed by atoms with Crippen LogP contribution in [0.3, 0.4) is 0 Å². The van der Waals surface area contributed by atoms with E-state index in [1.165, 1.54) is 41.1 Å². The molecule has 2 heterocycles. The monoisotopic (exact) mass is 849 g/mol. The molecular weight excluding hydrogens is 802 g/mol. The molecule has 5 N–H and O–H groups in total. The van der Waals surface area contributed by atoms with Crippen LogP contribution in [-0.4, -0.2) is 90.0 Å². The highest BCUT2D eigenvalue weighted by Crippen LogP contribution is 2.36. The van der Waals surface area contributed by atoms with Crippen LogP contribution >= 0.6 is 0 Å². The lowest BCUT2D eigenvalue weighted by Crippen LogP contribution is -2.61. The Kier molecular flexibility index (Phi) is 15.2. The molecular formula is C46H48FN5O10. The third kappa shape index (κ3) is 11.3. The summed E-state index contributed by atoms with van der Waals surface area (Å²) in [7, 11) is 0. The SMILES string of the molecule is CC(C)c1nn(CCN)c(O[C@@H]2O[C@H](COC(=O)c3ccccc3)[C@@H](F)[C@H](OC(=O)c3ccccc3)[C@H]2OC(=O)c2ccccc2)c1Cc1ccc(C(=O)NCCC(N)=O)cc1. The number of hydrogen-bond donors (Lipinski definition) is 3. The molecule has 324 valence electrons. The van der Waals surface area contributed by atoms with Crippen molar-refractivity contribution in [2.75, 3.05) is 19.7 Å². The van der Waals surface area contributed by atoms with Crippen molar-refractivity contribution in [1.82, 2.24) is 15.1 Å². The molecule has 62 heavy (non-hydrogen) atoms. The summed E-state index contributed by atoms with van der Waals surface area (Å²) in [5, 5.41) is 7.50. The standard InChI is InChI=1S/C46H48FN5O10/c1-28(2)38-34(26-29-18-20-30(21-19-29)41(54)50-24-22-36(49)53)42(52(51-38)25-23-48)62-46-40(61-45(57)33-16-10-5-11-17-33)39(60-44(56)32-14-8-4-9-15-32)37(47)35(59-46)27-58-43(55)31-12-6-3-7-13-31/h3-21,28,35,37,39-40,46H,22-27,48H2,1-2H3,(H2,49,53)(H,50,54)/t35-,37-,39+,40-,46+/m1/s1. The van der Waals surface area contributed by atoms with Gasteiger partial charge in [-0.3, -0.25) is 9.59 Å². The van der Waals surface area contributed by atoms with Crippen LogP contribution in [0.25, 0.3) is 0 Å². The van der Waals surface area contributed by atoms with E-state index in [2.05, 4.69) is 5.32 Å². The molecule has 0 aliphatic carbocycles. The van der Waals surface area contributed by atoms with Gasteiger partial charge in [0.05, 0.1) is 28.9 Å². The maximum Gasteiger partial charge on any atom is 0.338 e. The second kappa shape index (κ2) is 21.1. The van der Waals surface area contributed by atoms with Gasteiger partial charge in [0.1, 0.15) is 12.7 Å². The van der Waals surface area contributed by atoms with Crippen molar-refractivity contribution in [2.24, 2.45) is 11.5 Å². The zero-order chi connectivity index (χ0) is 44.2. The summed E-state index contributed by atoms with van der Waals surface area (Å²) in [6.45, 7) is 3.62. The molecule has 1 aliphatic heterocycles. The molecule has 5 aromatic rings. The number of esters is 3. The number of nitrogens with zero attached hydrogens (tertiary/aromatic N) is 2. The Morgan fingerprint density at radius 1 is 0.774 bits per heavy atom. The van der Waals surface area contributed by atoms with Crippen LogP contribution in [-0.2, 0) is 36.7 Å². The molecule has 15 nitrogen and oxygen atoms in total. The minimum atomic E-state index is -2.20. The number of carbonyl (C=O) groups excluding carboxylic acids is 5. The summed E-state index contributed by atoms with van der Waals surface area (Å²) in [4.78, 5) is 64.3. The number of ether oxygens (including phenoxy) is 5. The van der Waals surface area contributed by atoms with E-state index in [9.17, 15) is 24.0 Å². The molecule has 1 fully saturated rings. The van der Waals surface area contributed by atoms with Gasteiger partial charge in [-0.05, 0) is 60.0 Å². The molecule has 2 amide bonds. The third-order valence-corrected chi connectivity index (χ3v) is 9.86. The van der Waals surface area contributed by atoms with E-state index in [0.717, 1.165) is 5.56 Å². The van der Waals surface area contributed by atoms with Crippen LogP contribution in [0.15, 0.2) is 115 Å². The average Bonchev–Trinajstić information content (AvgIpc) is 3.61. The smallest absolute Gasteiger partial charge is 0.338 e. The van der Waals surface area contributed by atoms with Crippen molar-refractivity contribution < 1.29 is 52.0 Å². The first kappa shape index (κ1) is 44.6. The summed E-state index contributed by atoms with van der Waals surface area (Å²) >= 11 is 0. The van der Waals surface area contributed by atoms with E-state index < -0.39 is 61.2 Å². The van der Waals surface area contributed by atoms with E-state index >= 15 is 4.39 Å². The van der Waals surface area contributed by atoms with Crippen molar-refractivity contribution in [2.45, 2.75) is 69.9 Å². The number of amides is 2. The van der Waals surface area contributed by atoms with Crippen molar-refractivity contribution in [1.29, 1.82) is 0 Å². The average molecular weight is 850 g/mol. The van der Waals surface area contributed by atoms with E-state index in [0.29, 0.717) is 16.8 Å². The van der Waals surface area contributed by atoms with E-state index in [4.69, 9.17) is 40.3 Å². The first-order chi connectivity index (χ1) is 29.9. The molecule has 1 aliphatic rings. The van der Waals surface area contributed by atoms with Crippen LogP contribution < -0.4 is 21.5 Å². The fourth-order valence-corrected chi connectivity index (χ4v) is 6.73. The van der Waals surface area contributed by atoms with Gasteiger partial charge in [-0.1, -0.05) is 80.6 Å². The predicted molar refractivity (Wildman–Crippen MR) is 223 cm³/mol. The Morgan fingerprint density at radius 2 is 1.32 bits per heavy atom. The Morgan fingerprint density at radius 3 is 1.85 bits per heavy atom. The summed E-state index contributed by atoms with van der Waals surface area (Å²) < 4.78 is 48.8. The number of rotatable bonds is 18. The highest BCUT2D eigenvalue weighted by atomic mass is 19.1. The second-order valence-electron chi connectivity index (χ2n) is 14.7. The number of aromatic nitrogens is 2. The molecule has 0 saturated carbocycles. The minimum Gasteiger partial charge on any atom is -0.459 e. The van der Waals surface area contributed by atoms with E-state index in [1.54, 1.807) is 78.9 Å². The summed E-state index contributed by atoms with van der Waals surface area (Å²) in [5.41, 5.74) is 14.0. The number of carbonyl (C=O) groups is 5. The molecule has 1 saturated heterocycles. The lowest BCUT2D eigenvalue weighted by molar-refractivity contribution is -0.265. The summed E-state index contributed by atoms with van der Waals surface area (Å²) in [6.07, 6.45) is -8.82. The Hall–Kier alpha value is -6.91. The topological polar surface area (TPSA) is 213 Å². The molecule has 6 rings (SSSR count). The maximum atomic E-state index is 17.0. The molecule has 4 aromatic carbocycles. The quantitative estimate of drug-likeness (QED) is 0.0793. The molecule has 0 radical (unpaired) electrons. The number of nitrogens with one attached hydrogen (secondary N) is 1. The second-order valence-corrected chi connectivity index (χ2v) is 14.7. The normalized spacial score (nSPS) is 18.4. The zero-order valence-electron chi connectivity index (χ0n) is 34.2. The van der Waals surface area contributed by atoms with E-state index in [1.807, 2.05) is 13.8 Å². The molecule has 0 spiro atoms. The van der Waals surface area contributed by atoms with Crippen molar-refractivity contribution in [3.05, 3.63) is 154 Å². The first-order valence-corrected chi connectivity index (χ1v) is 20.1. The number of primary amides is 1. The molecule has 0 unspecified atom stereocenters. The van der Waals surface area contributed by atoms with Gasteiger partial charge < -0.3 is 40.5 Å². The van der Waals surface area contributed by atoms with Crippen LogP contribution in [0, 0.1) is 0 Å². The van der Waals surface area contributed by atoms with Gasteiger partial charge in [0.2, 0.25) is 24.2 Å². The summed E-state index contributed by atoms with van der Waals surface area (Å²) in [5.74, 6) is -3.49. The highest BCUT2D eigenvalue weighted by Gasteiger charge is 2.53. The first-order valence-electron chi connectivity index (χ1n) is 20.1. The van der Waals surface area contributed by atoms with Crippen molar-refractivity contribution >= 4 is 29.7 Å². The molecule has 0 bridgehead atoms. The van der Waals surface area contributed by atoms with Gasteiger partial charge in [-0.15, -0.1) is 0 Å². The van der Waals surface area contributed by atoms with Gasteiger partial charge in [0, 0.05) is 37.1 Å². The Bertz CT molecular complexity index is 2310. The van der Waals surface area contributed by atoms with E-state index in [-0.39, 0.29) is 66.9 Å². The van der Waals surface area contributed by atoms with Crippen molar-refractivity contribution in [3.8, 4) is 5.88 Å². The number of halogens is 1. The fraction of sp³-hybridized carbons (Fsp3) is 0.304. The lowest BCUT2D eigenvalue weighted by Gasteiger charge is -2.42. The van der Waals surface area contributed by atoms with Gasteiger partial charge in [-0.25, -0.2) is 23.5 Å². The number of nitrogens with two attached hydrogens (primary N) is 2. The Labute approximate surface area is 357 Å². The number of benzene rings is 4. The van der Waals surface area contributed by atoms with Crippen LogP contribution in [0.1, 0.15) is 84.4 Å². The molecule has 5 atom stereocenters. The maximum absolute atomic E-state index is 17.0. The molecule has 1 aromatic heterocycles. The summed E-state index contributed by atoms with van der Waals surface area (Å²) in [6, 6.07) is 30.7. The zero-order valence-corrected chi connectivity index (χ0v) is 34.2. The van der Waals surface area contributed by atoms with Crippen LogP contribution in [0.4, 0.5) is 4.39 Å². The Balaban J connectivity index is 1.39. The van der Waals surface area contributed by atoms with Gasteiger partial charge >= 0.3 is 17.9 Å². The van der Waals surface area contributed by atoms with Gasteiger partial charge in [0.25, 0.3) is 5.91 Å². The van der Waals surface area contributed by atoms with Crippen molar-refractivity contribution in [3.63, 3.8) is 0 Å². The highest BCUT2D eigenvalue weighted by molar-refractivity contribution is 5.94. The molecule has 16 heteroatoms. The lowest BCUT2D eigenvalue weighted by atomic mass is 9.98. The third-order valence-electron chi connectivity index (χ3n) is 9.86. The van der Waals surface area contributed by atoms with Crippen LogP contribution in [0.2, 0.25) is 0 Å². The van der Waals surface area contributed by atoms with Crippen LogP contribution in [0.5, 0.6) is 5.88 Å². The number of hydrogen-bond acceptors (Lipinski definition) is 12. The largest absolute Gasteiger partial charge is 0.459 e. The fourth-order valence-electron chi connectivity index (χ4n) is 6.73.